The van der Waals surface area contributed by atoms with Crippen molar-refractivity contribution in [3.8, 4) is 11.3 Å². The first-order chi connectivity index (χ1) is 10.2. The molecule has 2 aromatic heterocycles. The molecule has 7 heteroatoms. The van der Waals surface area contributed by atoms with Crippen molar-refractivity contribution < 1.29 is 13.9 Å². The molecule has 0 aliphatic carbocycles. The van der Waals surface area contributed by atoms with Crippen molar-refractivity contribution in [1.29, 1.82) is 0 Å². The summed E-state index contributed by atoms with van der Waals surface area (Å²) >= 11 is 1.30. The van der Waals surface area contributed by atoms with Gasteiger partial charge in [-0.15, -0.1) is 11.3 Å². The smallest absolute Gasteiger partial charge is 0.135 e. The largest absolute Gasteiger partial charge is 0.388 e. The van der Waals surface area contributed by atoms with Gasteiger partial charge in [-0.25, -0.2) is 18.7 Å². The lowest BCUT2D eigenvalue weighted by atomic mass is 10.1. The van der Waals surface area contributed by atoms with Crippen LogP contribution < -0.4 is 0 Å². The van der Waals surface area contributed by atoms with E-state index in [1.807, 2.05) is 0 Å². The van der Waals surface area contributed by atoms with E-state index < -0.39 is 11.6 Å². The normalized spacial score (nSPS) is 11.0. The molecule has 0 atom stereocenters. The Morgan fingerprint density at radius 3 is 2.71 bits per heavy atom. The summed E-state index contributed by atoms with van der Waals surface area (Å²) in [6.07, 6.45) is 3.30. The van der Waals surface area contributed by atoms with Crippen molar-refractivity contribution in [2.24, 2.45) is 0 Å². The number of benzene rings is 1. The maximum Gasteiger partial charge on any atom is 0.135 e. The zero-order valence-corrected chi connectivity index (χ0v) is 11.6. The lowest BCUT2D eigenvalue weighted by Crippen LogP contribution is -2.04. The highest BCUT2D eigenvalue weighted by Crippen LogP contribution is 2.27. The molecular formula is C14H11F2N3OS. The summed E-state index contributed by atoms with van der Waals surface area (Å²) in [5.41, 5.74) is 0.157. The first-order valence-electron chi connectivity index (χ1n) is 6.18. The van der Waals surface area contributed by atoms with Gasteiger partial charge in [-0.1, -0.05) is 6.07 Å². The van der Waals surface area contributed by atoms with Crippen molar-refractivity contribution in [3.63, 3.8) is 0 Å². The standard InChI is InChI=1S/C14H11F2N3OS/c15-9-2-1-3-10(16)14(9)11-8-21-13(18-11)6-19-5-4-17-12(19)7-20/h1-5,8,20H,6-7H2. The van der Waals surface area contributed by atoms with E-state index >= 15 is 0 Å². The third-order valence-electron chi connectivity index (χ3n) is 3.02. The van der Waals surface area contributed by atoms with Gasteiger partial charge in [-0.3, -0.25) is 0 Å². The first kappa shape index (κ1) is 13.8. The number of aliphatic hydroxyl groups is 1. The van der Waals surface area contributed by atoms with Crippen LogP contribution in [0, 0.1) is 11.6 Å². The van der Waals surface area contributed by atoms with Crippen molar-refractivity contribution >= 4 is 11.3 Å². The van der Waals surface area contributed by atoms with E-state index in [1.165, 1.54) is 29.5 Å². The van der Waals surface area contributed by atoms with Gasteiger partial charge in [0.1, 0.15) is 29.1 Å². The van der Waals surface area contributed by atoms with Crippen LogP contribution in [0.3, 0.4) is 0 Å². The van der Waals surface area contributed by atoms with Crippen molar-refractivity contribution in [1.82, 2.24) is 14.5 Å². The van der Waals surface area contributed by atoms with Crippen LogP contribution in [0.15, 0.2) is 36.0 Å². The van der Waals surface area contributed by atoms with Gasteiger partial charge in [0.15, 0.2) is 0 Å². The van der Waals surface area contributed by atoms with Crippen LogP contribution in [0.25, 0.3) is 11.3 Å². The third-order valence-corrected chi connectivity index (χ3v) is 3.85. The van der Waals surface area contributed by atoms with E-state index in [0.717, 1.165) is 0 Å². The zero-order valence-electron chi connectivity index (χ0n) is 10.8. The molecular weight excluding hydrogens is 296 g/mol. The van der Waals surface area contributed by atoms with Crippen molar-refractivity contribution in [2.45, 2.75) is 13.2 Å². The highest BCUT2D eigenvalue weighted by molar-refractivity contribution is 7.09. The molecule has 3 aromatic rings. The summed E-state index contributed by atoms with van der Waals surface area (Å²) in [6.45, 7) is 0.226. The predicted molar refractivity (Wildman–Crippen MR) is 74.7 cm³/mol. The van der Waals surface area contributed by atoms with Crippen LogP contribution in [0.4, 0.5) is 8.78 Å². The second kappa shape index (κ2) is 5.71. The van der Waals surface area contributed by atoms with Gasteiger partial charge in [0, 0.05) is 17.8 Å². The number of halogens is 2. The number of rotatable bonds is 4. The topological polar surface area (TPSA) is 50.9 Å². The molecule has 21 heavy (non-hydrogen) atoms. The lowest BCUT2D eigenvalue weighted by Gasteiger charge is -2.03. The zero-order chi connectivity index (χ0) is 14.8. The number of thiazole rings is 1. The van der Waals surface area contributed by atoms with E-state index in [0.29, 0.717) is 17.4 Å². The molecule has 1 aromatic carbocycles. The number of nitrogens with zero attached hydrogens (tertiary/aromatic N) is 3. The fourth-order valence-electron chi connectivity index (χ4n) is 2.02. The molecule has 0 saturated heterocycles. The summed E-state index contributed by atoms with van der Waals surface area (Å²) in [4.78, 5) is 8.25. The number of aromatic nitrogens is 3. The Balaban J connectivity index is 1.90. The van der Waals surface area contributed by atoms with Gasteiger partial charge < -0.3 is 9.67 Å². The van der Waals surface area contributed by atoms with Gasteiger partial charge in [0.25, 0.3) is 0 Å². The predicted octanol–water partition coefficient (Wildman–Crippen LogP) is 2.83. The molecule has 108 valence electrons. The third kappa shape index (κ3) is 2.70. The molecule has 0 bridgehead atoms. The summed E-state index contributed by atoms with van der Waals surface area (Å²) < 4.78 is 29.2. The molecule has 0 aliphatic heterocycles. The van der Waals surface area contributed by atoms with E-state index in [-0.39, 0.29) is 17.9 Å². The van der Waals surface area contributed by atoms with E-state index in [2.05, 4.69) is 9.97 Å². The number of imidazole rings is 1. The Bertz CT molecular complexity index is 749. The minimum absolute atomic E-state index is 0.118. The van der Waals surface area contributed by atoms with Gasteiger partial charge in [0.05, 0.1) is 17.8 Å². The minimum atomic E-state index is -0.634. The average Bonchev–Trinajstić information content (AvgIpc) is 3.08. The molecule has 0 amide bonds. The summed E-state index contributed by atoms with van der Waals surface area (Å²) in [5.74, 6) is -0.750. The molecule has 0 unspecified atom stereocenters. The van der Waals surface area contributed by atoms with Gasteiger partial charge in [0.2, 0.25) is 0 Å². The molecule has 2 heterocycles. The number of hydrogen-bond acceptors (Lipinski definition) is 4. The molecule has 0 spiro atoms. The Morgan fingerprint density at radius 2 is 2.00 bits per heavy atom. The Kier molecular flexibility index (Phi) is 3.76. The van der Waals surface area contributed by atoms with Crippen molar-refractivity contribution in [2.75, 3.05) is 0 Å². The molecule has 4 nitrogen and oxygen atoms in total. The van der Waals surface area contributed by atoms with Crippen LogP contribution in [0.5, 0.6) is 0 Å². The molecule has 0 aliphatic rings. The lowest BCUT2D eigenvalue weighted by molar-refractivity contribution is 0.266. The van der Waals surface area contributed by atoms with E-state index in [9.17, 15) is 8.78 Å². The second-order valence-corrected chi connectivity index (χ2v) is 5.30. The second-order valence-electron chi connectivity index (χ2n) is 4.35. The van der Waals surface area contributed by atoms with Gasteiger partial charge in [-0.05, 0) is 12.1 Å². The number of aliphatic hydroxyl groups excluding tert-OH is 1. The van der Waals surface area contributed by atoms with Gasteiger partial charge in [-0.2, -0.15) is 0 Å². The number of hydrogen-bond donors (Lipinski definition) is 1. The first-order valence-corrected chi connectivity index (χ1v) is 7.06. The van der Waals surface area contributed by atoms with Crippen molar-refractivity contribution in [3.05, 3.63) is 58.4 Å². The Morgan fingerprint density at radius 1 is 1.24 bits per heavy atom. The summed E-state index contributed by atoms with van der Waals surface area (Å²) in [5, 5.41) is 11.4. The minimum Gasteiger partial charge on any atom is -0.388 e. The SMILES string of the molecule is OCc1nccn1Cc1nc(-c2c(F)cccc2F)cs1. The molecule has 0 radical (unpaired) electrons. The Hall–Kier alpha value is -2.12. The maximum absolute atomic E-state index is 13.7. The van der Waals surface area contributed by atoms with Crippen LogP contribution in [-0.2, 0) is 13.2 Å². The summed E-state index contributed by atoms with van der Waals surface area (Å²) in [6, 6.07) is 3.73. The Labute approximate surface area is 123 Å². The monoisotopic (exact) mass is 307 g/mol. The van der Waals surface area contributed by atoms with E-state index in [1.54, 1.807) is 22.3 Å². The highest BCUT2D eigenvalue weighted by atomic mass is 32.1. The molecule has 0 saturated carbocycles. The van der Waals surface area contributed by atoms with Gasteiger partial charge >= 0.3 is 0 Å². The average molecular weight is 307 g/mol. The summed E-state index contributed by atoms with van der Waals surface area (Å²) in [7, 11) is 0. The highest BCUT2D eigenvalue weighted by Gasteiger charge is 2.14. The molecule has 3 rings (SSSR count). The van der Waals surface area contributed by atoms with Crippen LogP contribution in [0.2, 0.25) is 0 Å². The van der Waals surface area contributed by atoms with E-state index in [4.69, 9.17) is 5.11 Å². The molecule has 0 fully saturated rings. The quantitative estimate of drug-likeness (QED) is 0.806. The van der Waals surface area contributed by atoms with Crippen LogP contribution >= 0.6 is 11.3 Å². The maximum atomic E-state index is 13.7. The fourth-order valence-corrected chi connectivity index (χ4v) is 2.81. The van der Waals surface area contributed by atoms with Crippen LogP contribution in [-0.4, -0.2) is 19.6 Å². The fraction of sp³-hybridized carbons (Fsp3) is 0.143. The molecule has 1 N–H and O–H groups in total. The van der Waals surface area contributed by atoms with Crippen LogP contribution in [0.1, 0.15) is 10.8 Å².